The Morgan fingerprint density at radius 2 is 1.82 bits per heavy atom. The van der Waals surface area contributed by atoms with Gasteiger partial charge in [0.1, 0.15) is 6.61 Å². The van der Waals surface area contributed by atoms with Crippen LogP contribution in [0.3, 0.4) is 0 Å². The molecule has 2 heterocycles. The number of carbonyl (C=O) groups excluding carboxylic acids is 2. The summed E-state index contributed by atoms with van der Waals surface area (Å²) in [4.78, 5) is 29.1. The van der Waals surface area contributed by atoms with E-state index in [2.05, 4.69) is 20.4 Å². The summed E-state index contributed by atoms with van der Waals surface area (Å²) < 4.78 is 4.87. The van der Waals surface area contributed by atoms with E-state index in [9.17, 15) is 9.59 Å². The Labute approximate surface area is 167 Å². The van der Waals surface area contributed by atoms with Crippen LogP contribution in [-0.4, -0.2) is 75.7 Å². The summed E-state index contributed by atoms with van der Waals surface area (Å²) in [6, 6.07) is 7.96. The molecule has 1 aromatic rings. The number of amides is 2. The number of nitrogens with one attached hydrogen (secondary N) is 2. The Kier molecular flexibility index (Phi) is 7.68. The van der Waals surface area contributed by atoms with Crippen LogP contribution in [0.25, 0.3) is 0 Å². The molecular formula is C21H32N4O3. The summed E-state index contributed by atoms with van der Waals surface area (Å²) in [5.41, 5.74) is 1.70. The molecule has 7 nitrogen and oxygen atoms in total. The van der Waals surface area contributed by atoms with E-state index in [1.807, 2.05) is 24.3 Å². The van der Waals surface area contributed by atoms with Gasteiger partial charge in [0.05, 0.1) is 5.56 Å². The number of piperidine rings is 1. The van der Waals surface area contributed by atoms with Gasteiger partial charge in [0.2, 0.25) is 5.91 Å². The molecule has 28 heavy (non-hydrogen) atoms. The number of benzene rings is 1. The summed E-state index contributed by atoms with van der Waals surface area (Å²) in [7, 11) is 1.52. The average molecular weight is 389 g/mol. The molecule has 7 heteroatoms. The third-order valence-electron chi connectivity index (χ3n) is 5.54. The van der Waals surface area contributed by atoms with Crippen molar-refractivity contribution in [2.24, 2.45) is 0 Å². The molecule has 2 aliphatic heterocycles. The van der Waals surface area contributed by atoms with Crippen molar-refractivity contribution in [2.75, 3.05) is 57.9 Å². The molecule has 2 saturated heterocycles. The summed E-state index contributed by atoms with van der Waals surface area (Å²) in [5, 5.41) is 6.09. The molecule has 2 fully saturated rings. The number of ether oxygens (including phenoxy) is 1. The molecule has 3 rings (SSSR count). The van der Waals surface area contributed by atoms with E-state index >= 15 is 0 Å². The first-order valence-corrected chi connectivity index (χ1v) is 10.3. The van der Waals surface area contributed by atoms with Gasteiger partial charge in [-0.2, -0.15) is 0 Å². The molecule has 0 radical (unpaired) electrons. The lowest BCUT2D eigenvalue weighted by molar-refractivity contribution is -0.125. The van der Waals surface area contributed by atoms with Crippen molar-refractivity contribution in [3.63, 3.8) is 0 Å². The molecule has 2 N–H and O–H groups in total. The maximum atomic E-state index is 12.7. The van der Waals surface area contributed by atoms with Crippen molar-refractivity contribution in [1.29, 1.82) is 0 Å². The fraction of sp³-hybridized carbons (Fsp3) is 0.619. The van der Waals surface area contributed by atoms with Gasteiger partial charge in [-0.3, -0.25) is 9.59 Å². The molecule has 2 aliphatic rings. The van der Waals surface area contributed by atoms with Crippen molar-refractivity contribution in [3.05, 3.63) is 29.8 Å². The van der Waals surface area contributed by atoms with Gasteiger partial charge in [-0.1, -0.05) is 12.1 Å². The summed E-state index contributed by atoms with van der Waals surface area (Å²) in [5.74, 6) is -0.0796. The number of rotatable bonds is 8. The van der Waals surface area contributed by atoms with Crippen molar-refractivity contribution in [1.82, 2.24) is 15.5 Å². The zero-order valence-corrected chi connectivity index (χ0v) is 16.8. The highest BCUT2D eigenvalue weighted by Gasteiger charge is 2.23. The zero-order valence-electron chi connectivity index (χ0n) is 16.8. The van der Waals surface area contributed by atoms with Gasteiger partial charge in [-0.25, -0.2) is 0 Å². The van der Waals surface area contributed by atoms with E-state index in [1.165, 1.54) is 20.0 Å². The van der Waals surface area contributed by atoms with E-state index in [-0.39, 0.29) is 24.5 Å². The lowest BCUT2D eigenvalue weighted by atomic mass is 10.0. The van der Waals surface area contributed by atoms with Gasteiger partial charge in [-0.15, -0.1) is 0 Å². The van der Waals surface area contributed by atoms with E-state index in [0.717, 1.165) is 56.8 Å². The molecule has 0 aromatic heterocycles. The van der Waals surface area contributed by atoms with Crippen LogP contribution in [0.5, 0.6) is 0 Å². The van der Waals surface area contributed by atoms with E-state index in [4.69, 9.17) is 4.74 Å². The monoisotopic (exact) mass is 388 g/mol. The number of para-hydroxylation sites is 1. The molecule has 1 aromatic carbocycles. The van der Waals surface area contributed by atoms with Crippen LogP contribution in [0.4, 0.5) is 5.69 Å². The molecule has 154 valence electrons. The molecule has 2 amide bonds. The number of nitrogens with zero attached hydrogens (tertiary/aromatic N) is 2. The second-order valence-corrected chi connectivity index (χ2v) is 7.58. The third kappa shape index (κ3) is 5.69. The summed E-state index contributed by atoms with van der Waals surface area (Å²) in [6.07, 6.45) is 4.25. The van der Waals surface area contributed by atoms with E-state index in [1.54, 1.807) is 0 Å². The van der Waals surface area contributed by atoms with Gasteiger partial charge in [0, 0.05) is 45.0 Å². The largest absolute Gasteiger partial charge is 0.375 e. The predicted molar refractivity (Wildman–Crippen MR) is 110 cm³/mol. The molecule has 0 atom stereocenters. The number of anilines is 1. The Morgan fingerprint density at radius 1 is 1.11 bits per heavy atom. The van der Waals surface area contributed by atoms with Crippen LogP contribution in [0, 0.1) is 0 Å². The lowest BCUT2D eigenvalue weighted by Gasteiger charge is -2.34. The summed E-state index contributed by atoms with van der Waals surface area (Å²) in [6.45, 7) is 5.61. The fourth-order valence-corrected chi connectivity index (χ4v) is 4.04. The van der Waals surface area contributed by atoms with Crippen LogP contribution < -0.4 is 15.5 Å². The predicted octanol–water partition coefficient (Wildman–Crippen LogP) is 1.24. The second kappa shape index (κ2) is 10.4. The number of hydrogen-bond acceptors (Lipinski definition) is 5. The van der Waals surface area contributed by atoms with Crippen LogP contribution in [0.2, 0.25) is 0 Å². The highest BCUT2D eigenvalue weighted by molar-refractivity contribution is 5.99. The quantitative estimate of drug-likeness (QED) is 0.701. The van der Waals surface area contributed by atoms with Crippen molar-refractivity contribution >= 4 is 17.5 Å². The van der Waals surface area contributed by atoms with Gasteiger partial charge in [0.25, 0.3) is 5.91 Å². The number of methoxy groups -OCH3 is 1. The van der Waals surface area contributed by atoms with Crippen LogP contribution in [0.1, 0.15) is 36.0 Å². The average Bonchev–Trinajstić information content (AvgIpc) is 3.22. The van der Waals surface area contributed by atoms with E-state index in [0.29, 0.717) is 6.54 Å². The van der Waals surface area contributed by atoms with Crippen molar-refractivity contribution in [3.8, 4) is 0 Å². The molecule has 0 unspecified atom stereocenters. The minimum absolute atomic E-state index is 0.00897. The number of carbonyl (C=O) groups is 2. The molecule has 0 spiro atoms. The normalized spacial score (nSPS) is 18.2. The molecule has 0 aliphatic carbocycles. The van der Waals surface area contributed by atoms with Crippen molar-refractivity contribution in [2.45, 2.75) is 31.7 Å². The van der Waals surface area contributed by atoms with Gasteiger partial charge < -0.3 is 25.2 Å². The Hall–Kier alpha value is -2.12. The van der Waals surface area contributed by atoms with Gasteiger partial charge in [-0.05, 0) is 50.9 Å². The Bertz CT molecular complexity index is 653. The summed E-state index contributed by atoms with van der Waals surface area (Å²) >= 11 is 0. The third-order valence-corrected chi connectivity index (χ3v) is 5.54. The standard InChI is InChI=1S/C21H32N4O3/c1-28-16-20(26)23-17-8-13-25(14-9-17)19-7-3-2-6-18(19)21(27)22-10-15-24-11-4-5-12-24/h2-3,6-7,17H,4-5,8-16H2,1H3,(H,22,27)(H,23,26). The first-order valence-electron chi connectivity index (χ1n) is 10.3. The minimum Gasteiger partial charge on any atom is -0.375 e. The van der Waals surface area contributed by atoms with Gasteiger partial charge >= 0.3 is 0 Å². The molecular weight excluding hydrogens is 356 g/mol. The Morgan fingerprint density at radius 3 is 2.54 bits per heavy atom. The maximum absolute atomic E-state index is 12.7. The van der Waals surface area contributed by atoms with Crippen molar-refractivity contribution < 1.29 is 14.3 Å². The highest BCUT2D eigenvalue weighted by Crippen LogP contribution is 2.24. The minimum atomic E-state index is -0.0706. The SMILES string of the molecule is COCC(=O)NC1CCN(c2ccccc2C(=O)NCCN2CCCC2)CC1. The van der Waals surface area contributed by atoms with E-state index < -0.39 is 0 Å². The zero-order chi connectivity index (χ0) is 19.8. The Balaban J connectivity index is 1.52. The number of hydrogen-bond donors (Lipinski definition) is 2. The van der Waals surface area contributed by atoms with Crippen LogP contribution in [0.15, 0.2) is 24.3 Å². The lowest BCUT2D eigenvalue weighted by Crippen LogP contribution is -2.46. The van der Waals surface area contributed by atoms with Gasteiger partial charge in [0.15, 0.2) is 0 Å². The first-order chi connectivity index (χ1) is 13.7. The fourth-order valence-electron chi connectivity index (χ4n) is 4.04. The van der Waals surface area contributed by atoms with Crippen LogP contribution in [-0.2, 0) is 9.53 Å². The molecule has 0 saturated carbocycles. The van der Waals surface area contributed by atoms with Crippen LogP contribution >= 0.6 is 0 Å². The maximum Gasteiger partial charge on any atom is 0.253 e. The topological polar surface area (TPSA) is 73.9 Å². The highest BCUT2D eigenvalue weighted by atomic mass is 16.5. The number of likely N-dealkylation sites (tertiary alicyclic amines) is 1. The second-order valence-electron chi connectivity index (χ2n) is 7.58. The smallest absolute Gasteiger partial charge is 0.253 e. The first kappa shape index (κ1) is 20.6. The molecule has 0 bridgehead atoms.